The molecule has 2 aliphatic rings. The first-order valence-corrected chi connectivity index (χ1v) is 8.63. The van der Waals surface area contributed by atoms with Crippen LogP contribution in [-0.4, -0.2) is 37.1 Å². The summed E-state index contributed by atoms with van der Waals surface area (Å²) in [5.41, 5.74) is 2.11. The van der Waals surface area contributed by atoms with Gasteiger partial charge in [0.2, 0.25) is 0 Å². The van der Waals surface area contributed by atoms with Crippen LogP contribution in [0.4, 0.5) is 16.2 Å². The number of piperidine rings is 1. The van der Waals surface area contributed by atoms with Gasteiger partial charge in [0.15, 0.2) is 0 Å². The van der Waals surface area contributed by atoms with Crippen LogP contribution < -0.4 is 10.2 Å². The summed E-state index contributed by atoms with van der Waals surface area (Å²) in [4.78, 5) is 16.8. The van der Waals surface area contributed by atoms with Gasteiger partial charge in [-0.15, -0.1) is 0 Å². The van der Waals surface area contributed by atoms with Crippen LogP contribution in [0.3, 0.4) is 0 Å². The van der Waals surface area contributed by atoms with Crippen molar-refractivity contribution in [2.45, 2.75) is 51.0 Å². The molecule has 0 bridgehead atoms. The fraction of sp³-hybridized carbons (Fsp3) is 0.611. The van der Waals surface area contributed by atoms with Gasteiger partial charge in [0.05, 0.1) is 11.4 Å². The molecule has 1 saturated carbocycles. The van der Waals surface area contributed by atoms with Crippen molar-refractivity contribution >= 4 is 17.4 Å². The maximum Gasteiger partial charge on any atom is 0.321 e. The number of para-hydroxylation sites is 2. The highest BCUT2D eigenvalue weighted by atomic mass is 16.2. The van der Waals surface area contributed by atoms with E-state index in [9.17, 15) is 4.79 Å². The van der Waals surface area contributed by atoms with Crippen molar-refractivity contribution in [3.8, 4) is 0 Å². The van der Waals surface area contributed by atoms with E-state index in [2.05, 4.69) is 22.3 Å². The maximum atomic E-state index is 12.5. The van der Waals surface area contributed by atoms with Crippen molar-refractivity contribution in [2.24, 2.45) is 0 Å². The Hall–Kier alpha value is -1.71. The van der Waals surface area contributed by atoms with E-state index in [1.54, 1.807) is 0 Å². The van der Waals surface area contributed by atoms with E-state index >= 15 is 0 Å². The van der Waals surface area contributed by atoms with E-state index in [4.69, 9.17) is 0 Å². The minimum Gasteiger partial charge on any atom is -0.370 e. The highest BCUT2D eigenvalue weighted by Gasteiger charge is 2.24. The molecule has 3 rings (SSSR count). The number of hydrogen-bond acceptors (Lipinski definition) is 2. The van der Waals surface area contributed by atoms with Crippen LogP contribution in [0.2, 0.25) is 0 Å². The minimum absolute atomic E-state index is 0.0244. The lowest BCUT2D eigenvalue weighted by molar-refractivity contribution is 0.205. The Balaban J connectivity index is 1.70. The molecule has 1 saturated heterocycles. The average Bonchev–Trinajstić information content (AvgIpc) is 3.10. The SMILES string of the molecule is CN(C(=O)Nc1ccccc1N1CCCCC1)C1CCCC1. The Morgan fingerprint density at radius 2 is 1.77 bits per heavy atom. The number of anilines is 2. The zero-order valence-corrected chi connectivity index (χ0v) is 13.6. The fourth-order valence-corrected chi connectivity index (χ4v) is 3.65. The summed E-state index contributed by atoms with van der Waals surface area (Å²) < 4.78 is 0. The molecule has 1 aliphatic carbocycles. The molecule has 0 spiro atoms. The molecular formula is C18H27N3O. The summed E-state index contributed by atoms with van der Waals surface area (Å²) in [6.45, 7) is 2.18. The van der Waals surface area contributed by atoms with Crippen molar-refractivity contribution < 1.29 is 4.79 Å². The van der Waals surface area contributed by atoms with E-state index < -0.39 is 0 Å². The summed E-state index contributed by atoms with van der Waals surface area (Å²) >= 11 is 0. The smallest absolute Gasteiger partial charge is 0.321 e. The Morgan fingerprint density at radius 3 is 2.50 bits per heavy atom. The third kappa shape index (κ3) is 3.37. The van der Waals surface area contributed by atoms with Gasteiger partial charge in [-0.25, -0.2) is 4.79 Å². The molecule has 4 heteroatoms. The molecule has 120 valence electrons. The normalized spacial score (nSPS) is 19.2. The number of benzene rings is 1. The maximum absolute atomic E-state index is 12.5. The molecule has 1 aliphatic heterocycles. The van der Waals surface area contributed by atoms with Crippen LogP contribution in [0.1, 0.15) is 44.9 Å². The molecule has 1 aromatic rings. The topological polar surface area (TPSA) is 35.6 Å². The van der Waals surface area contributed by atoms with Crippen LogP contribution in [0.25, 0.3) is 0 Å². The number of rotatable bonds is 3. The van der Waals surface area contributed by atoms with E-state index in [-0.39, 0.29) is 6.03 Å². The average molecular weight is 301 g/mol. The van der Waals surface area contributed by atoms with Gasteiger partial charge in [-0.05, 0) is 44.2 Å². The van der Waals surface area contributed by atoms with Crippen LogP contribution in [0.15, 0.2) is 24.3 Å². The summed E-state index contributed by atoms with van der Waals surface area (Å²) in [7, 11) is 1.93. The lowest BCUT2D eigenvalue weighted by Crippen LogP contribution is -2.39. The summed E-state index contributed by atoms with van der Waals surface area (Å²) in [6, 6.07) is 8.62. The van der Waals surface area contributed by atoms with Crippen LogP contribution >= 0.6 is 0 Å². The lowest BCUT2D eigenvalue weighted by atomic mass is 10.1. The predicted molar refractivity (Wildman–Crippen MR) is 91.5 cm³/mol. The van der Waals surface area contributed by atoms with Gasteiger partial charge in [0.25, 0.3) is 0 Å². The Kier molecular flexibility index (Phi) is 4.86. The van der Waals surface area contributed by atoms with Gasteiger partial charge in [0, 0.05) is 26.2 Å². The van der Waals surface area contributed by atoms with Crippen molar-refractivity contribution in [3.05, 3.63) is 24.3 Å². The quantitative estimate of drug-likeness (QED) is 0.913. The van der Waals surface area contributed by atoms with E-state index in [1.807, 2.05) is 24.1 Å². The summed E-state index contributed by atoms with van der Waals surface area (Å²) in [5.74, 6) is 0. The second-order valence-electron chi connectivity index (χ2n) is 6.54. The molecule has 0 radical (unpaired) electrons. The van der Waals surface area contributed by atoms with E-state index in [0.717, 1.165) is 37.3 Å². The highest BCUT2D eigenvalue weighted by molar-refractivity contribution is 5.93. The van der Waals surface area contributed by atoms with Crippen molar-refractivity contribution in [2.75, 3.05) is 30.4 Å². The summed E-state index contributed by atoms with van der Waals surface area (Å²) in [5, 5.41) is 3.13. The molecule has 0 unspecified atom stereocenters. The standard InChI is InChI=1S/C18H27N3O/c1-20(15-9-3-4-10-15)18(22)19-16-11-5-6-12-17(16)21-13-7-2-8-14-21/h5-6,11-12,15H,2-4,7-10,13-14H2,1H3,(H,19,22). The van der Waals surface area contributed by atoms with E-state index in [0.29, 0.717) is 6.04 Å². The predicted octanol–water partition coefficient (Wildman–Crippen LogP) is 4.08. The first kappa shape index (κ1) is 15.2. The fourth-order valence-electron chi connectivity index (χ4n) is 3.65. The third-order valence-electron chi connectivity index (χ3n) is 5.04. The number of nitrogens with zero attached hydrogens (tertiary/aromatic N) is 2. The number of urea groups is 1. The van der Waals surface area contributed by atoms with Crippen LogP contribution in [-0.2, 0) is 0 Å². The molecule has 4 nitrogen and oxygen atoms in total. The Labute approximate surface area is 133 Å². The van der Waals surface area contributed by atoms with Crippen molar-refractivity contribution in [1.29, 1.82) is 0 Å². The molecular weight excluding hydrogens is 274 g/mol. The second kappa shape index (κ2) is 7.03. The molecule has 1 heterocycles. The van der Waals surface area contributed by atoms with Crippen LogP contribution in [0, 0.1) is 0 Å². The lowest BCUT2D eigenvalue weighted by Gasteiger charge is -2.31. The van der Waals surface area contributed by atoms with Gasteiger partial charge < -0.3 is 15.1 Å². The molecule has 2 fully saturated rings. The number of carbonyl (C=O) groups excluding carboxylic acids is 1. The molecule has 22 heavy (non-hydrogen) atoms. The first-order valence-electron chi connectivity index (χ1n) is 8.63. The minimum atomic E-state index is 0.0244. The Bertz CT molecular complexity index is 505. The zero-order valence-electron chi connectivity index (χ0n) is 13.6. The number of amides is 2. The number of hydrogen-bond donors (Lipinski definition) is 1. The second-order valence-corrected chi connectivity index (χ2v) is 6.54. The first-order chi connectivity index (χ1) is 10.8. The van der Waals surface area contributed by atoms with Gasteiger partial charge in [0.1, 0.15) is 0 Å². The van der Waals surface area contributed by atoms with Gasteiger partial charge in [-0.1, -0.05) is 25.0 Å². The molecule has 1 N–H and O–H groups in total. The summed E-state index contributed by atoms with van der Waals surface area (Å²) in [6.07, 6.45) is 8.55. The molecule has 0 atom stereocenters. The number of carbonyl (C=O) groups is 1. The highest BCUT2D eigenvalue weighted by Crippen LogP contribution is 2.29. The van der Waals surface area contributed by atoms with Crippen molar-refractivity contribution in [1.82, 2.24) is 4.90 Å². The van der Waals surface area contributed by atoms with Gasteiger partial charge in [-0.3, -0.25) is 0 Å². The zero-order chi connectivity index (χ0) is 15.4. The largest absolute Gasteiger partial charge is 0.370 e. The van der Waals surface area contributed by atoms with Crippen molar-refractivity contribution in [3.63, 3.8) is 0 Å². The van der Waals surface area contributed by atoms with Gasteiger partial charge >= 0.3 is 6.03 Å². The van der Waals surface area contributed by atoms with Gasteiger partial charge in [-0.2, -0.15) is 0 Å². The van der Waals surface area contributed by atoms with Crippen LogP contribution in [0.5, 0.6) is 0 Å². The molecule has 1 aromatic carbocycles. The molecule has 2 amide bonds. The monoisotopic (exact) mass is 301 g/mol. The molecule has 0 aromatic heterocycles. The Morgan fingerprint density at radius 1 is 1.09 bits per heavy atom. The number of nitrogens with one attached hydrogen (secondary N) is 1. The van der Waals surface area contributed by atoms with E-state index in [1.165, 1.54) is 32.1 Å². The third-order valence-corrected chi connectivity index (χ3v) is 5.04.